The Kier molecular flexibility index (Phi) is 7.24. The summed E-state index contributed by atoms with van der Waals surface area (Å²) in [6.45, 7) is 4.14. The molecule has 1 atom stereocenters. The smallest absolute Gasteiger partial charge is 0.421 e. The average molecular weight is 493 g/mol. The number of carbonyl (C=O) groups excluding carboxylic acids is 1. The second-order valence-electron chi connectivity index (χ2n) is 8.43. The predicted molar refractivity (Wildman–Crippen MR) is 123 cm³/mol. The zero-order valence-corrected chi connectivity index (χ0v) is 19.4. The van der Waals surface area contributed by atoms with Gasteiger partial charge in [0, 0.05) is 44.3 Å². The maximum atomic E-state index is 13.5. The largest absolute Gasteiger partial charge is 0.471 e. The van der Waals surface area contributed by atoms with Gasteiger partial charge in [0.15, 0.2) is 0 Å². The minimum Gasteiger partial charge on any atom is -0.471 e. The van der Waals surface area contributed by atoms with Gasteiger partial charge in [0.05, 0.1) is 23.7 Å². The van der Waals surface area contributed by atoms with Crippen LogP contribution in [-0.4, -0.2) is 68.7 Å². The summed E-state index contributed by atoms with van der Waals surface area (Å²) in [4.78, 5) is 23.5. The second-order valence-corrected chi connectivity index (χ2v) is 8.43. The van der Waals surface area contributed by atoms with Gasteiger partial charge in [-0.2, -0.15) is 23.3 Å². The molecule has 2 aromatic heterocycles. The first-order valence-corrected chi connectivity index (χ1v) is 11.2. The van der Waals surface area contributed by atoms with Crippen molar-refractivity contribution in [2.24, 2.45) is 0 Å². The minimum absolute atomic E-state index is 0.0274. The lowest BCUT2D eigenvalue weighted by Gasteiger charge is -2.17. The summed E-state index contributed by atoms with van der Waals surface area (Å²) in [5.74, 6) is -0.582. The van der Waals surface area contributed by atoms with Crippen LogP contribution in [0.1, 0.15) is 30.1 Å². The number of likely N-dealkylation sites (tertiary alicyclic amines) is 1. The van der Waals surface area contributed by atoms with Crippen molar-refractivity contribution < 1.29 is 22.7 Å². The number of ether oxygens (including phenoxy) is 1. The Hall–Kier alpha value is -3.61. The maximum absolute atomic E-state index is 13.5. The molecule has 10 nitrogen and oxygen atoms in total. The van der Waals surface area contributed by atoms with Crippen LogP contribution in [0.5, 0.6) is 0 Å². The molecule has 188 valence electrons. The van der Waals surface area contributed by atoms with Crippen molar-refractivity contribution in [3.63, 3.8) is 0 Å². The molecule has 1 fully saturated rings. The number of hydrogen-bond acceptors (Lipinski definition) is 8. The van der Waals surface area contributed by atoms with Gasteiger partial charge in [0.1, 0.15) is 17.6 Å². The third-order valence-corrected chi connectivity index (χ3v) is 5.76. The third-order valence-electron chi connectivity index (χ3n) is 5.76. The molecule has 0 radical (unpaired) electrons. The number of rotatable bonds is 8. The maximum Gasteiger partial charge on any atom is 0.421 e. The quantitative estimate of drug-likeness (QED) is 0.542. The van der Waals surface area contributed by atoms with Crippen molar-refractivity contribution in [3.05, 3.63) is 48.5 Å². The zero-order valence-electron chi connectivity index (χ0n) is 19.4. The highest BCUT2D eigenvalue weighted by molar-refractivity contribution is 5.88. The number of aromatic nitrogens is 4. The SMILES string of the molecule is Cc1nn(C2CCN(C)C2)cc1Nc1ncc(C(F)(F)F)c(NCCCN2C=COC=CC2=O)n1. The van der Waals surface area contributed by atoms with E-state index in [0.717, 1.165) is 25.7 Å². The Morgan fingerprint density at radius 3 is 2.86 bits per heavy atom. The van der Waals surface area contributed by atoms with Crippen LogP contribution in [0.25, 0.3) is 0 Å². The number of likely N-dealkylation sites (N-methyl/N-ethyl adjacent to an activating group) is 1. The van der Waals surface area contributed by atoms with E-state index in [1.54, 1.807) is 0 Å². The van der Waals surface area contributed by atoms with Gasteiger partial charge in [0.2, 0.25) is 5.95 Å². The number of anilines is 3. The van der Waals surface area contributed by atoms with Crippen LogP contribution in [0.2, 0.25) is 0 Å². The third kappa shape index (κ3) is 6.10. The molecular formula is C22H27F3N8O2. The van der Waals surface area contributed by atoms with Gasteiger partial charge < -0.3 is 25.2 Å². The second kappa shape index (κ2) is 10.3. The monoisotopic (exact) mass is 492 g/mol. The summed E-state index contributed by atoms with van der Waals surface area (Å²) in [5.41, 5.74) is 0.365. The molecule has 0 spiro atoms. The number of amides is 1. The van der Waals surface area contributed by atoms with Crippen molar-refractivity contribution >= 4 is 23.4 Å². The highest BCUT2D eigenvalue weighted by atomic mass is 19.4. The summed E-state index contributed by atoms with van der Waals surface area (Å²) in [6.07, 6.45) is 4.69. The first-order chi connectivity index (χ1) is 16.7. The molecule has 0 aliphatic carbocycles. The lowest BCUT2D eigenvalue weighted by molar-refractivity contribution is -0.137. The lowest BCUT2D eigenvalue weighted by atomic mass is 10.3. The van der Waals surface area contributed by atoms with E-state index in [0.29, 0.717) is 24.3 Å². The Balaban J connectivity index is 1.44. The average Bonchev–Trinajstić information content (AvgIpc) is 3.32. The van der Waals surface area contributed by atoms with Gasteiger partial charge in [-0.3, -0.25) is 9.48 Å². The number of carbonyl (C=O) groups is 1. The summed E-state index contributed by atoms with van der Waals surface area (Å²) in [5, 5.41) is 10.3. The van der Waals surface area contributed by atoms with Gasteiger partial charge in [-0.1, -0.05) is 0 Å². The predicted octanol–water partition coefficient (Wildman–Crippen LogP) is 3.27. The molecule has 0 saturated carbocycles. The molecule has 4 rings (SSSR count). The van der Waals surface area contributed by atoms with E-state index in [9.17, 15) is 18.0 Å². The molecule has 2 aliphatic rings. The molecule has 0 bridgehead atoms. The van der Waals surface area contributed by atoms with Crippen LogP contribution in [-0.2, 0) is 15.7 Å². The zero-order chi connectivity index (χ0) is 25.0. The molecule has 0 aromatic carbocycles. The molecule has 1 saturated heterocycles. The van der Waals surface area contributed by atoms with Crippen molar-refractivity contribution in [3.8, 4) is 0 Å². The first-order valence-electron chi connectivity index (χ1n) is 11.2. The molecular weight excluding hydrogens is 465 g/mol. The van der Waals surface area contributed by atoms with E-state index in [1.807, 2.05) is 24.9 Å². The highest BCUT2D eigenvalue weighted by Crippen LogP contribution is 2.34. The van der Waals surface area contributed by atoms with Gasteiger partial charge in [0.25, 0.3) is 5.91 Å². The van der Waals surface area contributed by atoms with E-state index < -0.39 is 11.7 Å². The summed E-state index contributed by atoms with van der Waals surface area (Å²) >= 11 is 0. The lowest BCUT2D eigenvalue weighted by Crippen LogP contribution is -2.26. The van der Waals surface area contributed by atoms with E-state index >= 15 is 0 Å². The van der Waals surface area contributed by atoms with Crippen molar-refractivity contribution in [1.29, 1.82) is 0 Å². The van der Waals surface area contributed by atoms with Gasteiger partial charge >= 0.3 is 6.18 Å². The van der Waals surface area contributed by atoms with Crippen molar-refractivity contribution in [1.82, 2.24) is 29.5 Å². The first kappa shape index (κ1) is 24.5. The number of halogens is 3. The Morgan fingerprint density at radius 2 is 2.11 bits per heavy atom. The minimum atomic E-state index is -4.62. The van der Waals surface area contributed by atoms with Gasteiger partial charge in [-0.15, -0.1) is 0 Å². The Morgan fingerprint density at radius 1 is 1.29 bits per heavy atom. The van der Waals surface area contributed by atoms with Gasteiger partial charge in [-0.05, 0) is 33.4 Å². The van der Waals surface area contributed by atoms with E-state index in [4.69, 9.17) is 4.74 Å². The van der Waals surface area contributed by atoms with Crippen LogP contribution < -0.4 is 10.6 Å². The number of alkyl halides is 3. The van der Waals surface area contributed by atoms with Crippen LogP contribution in [0, 0.1) is 6.92 Å². The van der Waals surface area contributed by atoms with Crippen LogP contribution in [0.15, 0.2) is 37.2 Å². The molecule has 13 heteroatoms. The molecule has 2 aliphatic heterocycles. The van der Waals surface area contributed by atoms with Crippen LogP contribution in [0.4, 0.5) is 30.6 Å². The number of nitrogens with one attached hydrogen (secondary N) is 2. The molecule has 1 unspecified atom stereocenters. The number of aryl methyl sites for hydroxylation is 1. The van der Waals surface area contributed by atoms with Crippen molar-refractivity contribution in [2.75, 3.05) is 43.9 Å². The fourth-order valence-corrected chi connectivity index (χ4v) is 3.89. The number of hydrogen-bond donors (Lipinski definition) is 2. The standard InChI is InChI=1S/C22H27F3N8O2/c1-15-18(14-33(30-15)16-4-8-31(2)13-16)28-21-27-12-17(22(23,24)25)20(29-21)26-6-3-7-32-9-11-35-10-5-19(32)34/h5,9-12,14,16H,3-4,6-8,13H2,1-2H3,(H2,26,27,28,29). The normalized spacial score (nSPS) is 18.6. The molecule has 35 heavy (non-hydrogen) atoms. The molecule has 1 amide bonds. The molecule has 4 heterocycles. The fourth-order valence-electron chi connectivity index (χ4n) is 3.89. The van der Waals surface area contributed by atoms with E-state index in [2.05, 4.69) is 30.6 Å². The highest BCUT2D eigenvalue weighted by Gasteiger charge is 2.35. The van der Waals surface area contributed by atoms with Gasteiger partial charge in [-0.25, -0.2) is 4.98 Å². The van der Waals surface area contributed by atoms with Crippen LogP contribution >= 0.6 is 0 Å². The fraction of sp³-hybridized carbons (Fsp3) is 0.455. The molecule has 2 N–H and O–H groups in total. The Bertz CT molecular complexity index is 1110. The van der Waals surface area contributed by atoms with E-state index in [1.165, 1.54) is 29.7 Å². The summed E-state index contributed by atoms with van der Waals surface area (Å²) in [7, 11) is 2.05. The number of nitrogens with zero attached hydrogens (tertiary/aromatic N) is 6. The van der Waals surface area contributed by atoms with E-state index in [-0.39, 0.29) is 30.3 Å². The van der Waals surface area contributed by atoms with Crippen LogP contribution in [0.3, 0.4) is 0 Å². The Labute approximate surface area is 200 Å². The topological polar surface area (TPSA) is 100 Å². The van der Waals surface area contributed by atoms with Crippen molar-refractivity contribution in [2.45, 2.75) is 32.0 Å². The molecule has 2 aromatic rings. The summed E-state index contributed by atoms with van der Waals surface area (Å²) < 4.78 is 47.4. The summed E-state index contributed by atoms with van der Waals surface area (Å²) in [6, 6.07) is 0.244.